The summed E-state index contributed by atoms with van der Waals surface area (Å²) in [5.41, 5.74) is 1.20. The van der Waals surface area contributed by atoms with E-state index < -0.39 is 0 Å². The molecule has 0 bridgehead atoms. The average Bonchev–Trinajstić information content (AvgIpc) is 2.25. The summed E-state index contributed by atoms with van der Waals surface area (Å²) < 4.78 is 9.92. The smallest absolute Gasteiger partial charge is 0.302 e. The number of hydrogen-bond acceptors (Lipinski definition) is 4. The molecule has 0 amide bonds. The van der Waals surface area contributed by atoms with Gasteiger partial charge in [0.1, 0.15) is 12.4 Å². The van der Waals surface area contributed by atoms with Crippen molar-refractivity contribution in [1.82, 2.24) is 0 Å². The van der Waals surface area contributed by atoms with Crippen molar-refractivity contribution in [3.05, 3.63) is 29.3 Å². The van der Waals surface area contributed by atoms with Crippen LogP contribution in [0.2, 0.25) is 0 Å². The second-order valence-electron chi connectivity index (χ2n) is 3.36. The highest BCUT2D eigenvalue weighted by Gasteiger charge is 2.09. The number of methoxy groups -OCH3 is 1. The Morgan fingerprint density at radius 3 is 2.44 bits per heavy atom. The summed E-state index contributed by atoms with van der Waals surface area (Å²) >= 11 is 0. The molecule has 1 aromatic carbocycles. The number of ketones is 1. The lowest BCUT2D eigenvalue weighted by atomic mass is 10.0. The van der Waals surface area contributed by atoms with Gasteiger partial charge in [-0.3, -0.25) is 9.59 Å². The molecule has 0 heterocycles. The van der Waals surface area contributed by atoms with Crippen molar-refractivity contribution >= 4 is 11.8 Å². The molecule has 0 atom stereocenters. The van der Waals surface area contributed by atoms with Gasteiger partial charge in [-0.15, -0.1) is 0 Å². The minimum atomic E-state index is -0.377. The summed E-state index contributed by atoms with van der Waals surface area (Å²) in [5.74, 6) is 0.189. The third-order valence-electron chi connectivity index (χ3n) is 2.12. The third-order valence-corrected chi connectivity index (χ3v) is 2.12. The van der Waals surface area contributed by atoms with Crippen LogP contribution in [-0.4, -0.2) is 18.9 Å². The van der Waals surface area contributed by atoms with E-state index in [0.717, 1.165) is 0 Å². The zero-order chi connectivity index (χ0) is 12.1. The van der Waals surface area contributed by atoms with Crippen molar-refractivity contribution < 1.29 is 19.1 Å². The molecule has 4 heteroatoms. The highest BCUT2D eigenvalue weighted by Crippen LogP contribution is 2.19. The van der Waals surface area contributed by atoms with E-state index in [1.807, 2.05) is 0 Å². The second-order valence-corrected chi connectivity index (χ2v) is 3.36. The Kier molecular flexibility index (Phi) is 4.05. The van der Waals surface area contributed by atoms with E-state index in [1.165, 1.54) is 13.8 Å². The number of ether oxygens (including phenoxy) is 2. The first-order chi connectivity index (χ1) is 7.54. The Hall–Kier alpha value is -1.84. The van der Waals surface area contributed by atoms with Gasteiger partial charge < -0.3 is 9.47 Å². The first kappa shape index (κ1) is 12.2. The van der Waals surface area contributed by atoms with Crippen LogP contribution in [0.5, 0.6) is 5.75 Å². The number of esters is 1. The molecule has 0 radical (unpaired) electrons. The van der Waals surface area contributed by atoms with Gasteiger partial charge in [-0.05, 0) is 25.1 Å². The third kappa shape index (κ3) is 3.08. The number of carbonyl (C=O) groups excluding carboxylic acids is 2. The van der Waals surface area contributed by atoms with Gasteiger partial charge in [-0.25, -0.2) is 0 Å². The van der Waals surface area contributed by atoms with Crippen LogP contribution in [0.15, 0.2) is 18.2 Å². The van der Waals surface area contributed by atoms with E-state index in [9.17, 15) is 9.59 Å². The Morgan fingerprint density at radius 2 is 1.94 bits per heavy atom. The second kappa shape index (κ2) is 5.30. The molecule has 0 N–H and O–H groups in total. The fourth-order valence-corrected chi connectivity index (χ4v) is 1.34. The van der Waals surface area contributed by atoms with Crippen LogP contribution in [0, 0.1) is 0 Å². The molecule has 0 aliphatic carbocycles. The summed E-state index contributed by atoms with van der Waals surface area (Å²) in [5, 5.41) is 0. The van der Waals surface area contributed by atoms with Crippen LogP contribution in [0.25, 0.3) is 0 Å². The summed E-state index contributed by atoms with van der Waals surface area (Å²) in [6.07, 6.45) is 0. The van der Waals surface area contributed by atoms with Crippen molar-refractivity contribution in [1.29, 1.82) is 0 Å². The van der Waals surface area contributed by atoms with Crippen molar-refractivity contribution in [3.8, 4) is 5.75 Å². The summed E-state index contributed by atoms with van der Waals surface area (Å²) in [6, 6.07) is 5.06. The molecule has 1 aromatic rings. The molecule has 0 aliphatic rings. The largest absolute Gasteiger partial charge is 0.497 e. The van der Waals surface area contributed by atoms with Gasteiger partial charge in [0.2, 0.25) is 0 Å². The monoisotopic (exact) mass is 222 g/mol. The standard InChI is InChI=1S/C12H14O4/c1-8(13)12-5-4-11(15-3)6-10(12)7-16-9(2)14/h4-6H,7H2,1-3H3. The summed E-state index contributed by atoms with van der Waals surface area (Å²) in [7, 11) is 1.54. The lowest BCUT2D eigenvalue weighted by Crippen LogP contribution is -2.05. The van der Waals surface area contributed by atoms with Gasteiger partial charge in [0, 0.05) is 18.1 Å². The fraction of sp³-hybridized carbons (Fsp3) is 0.333. The molecule has 4 nitrogen and oxygen atoms in total. The van der Waals surface area contributed by atoms with E-state index >= 15 is 0 Å². The number of hydrogen-bond donors (Lipinski definition) is 0. The quantitative estimate of drug-likeness (QED) is 0.577. The Balaban J connectivity index is 3.00. The Morgan fingerprint density at radius 1 is 1.25 bits per heavy atom. The van der Waals surface area contributed by atoms with Crippen molar-refractivity contribution in [2.45, 2.75) is 20.5 Å². The molecule has 0 saturated carbocycles. The SMILES string of the molecule is COc1ccc(C(C)=O)c(COC(C)=O)c1. The van der Waals surface area contributed by atoms with E-state index in [0.29, 0.717) is 16.9 Å². The molecule has 86 valence electrons. The molecular weight excluding hydrogens is 208 g/mol. The van der Waals surface area contributed by atoms with Crippen LogP contribution < -0.4 is 4.74 Å². The molecule has 0 aromatic heterocycles. The van der Waals surface area contributed by atoms with Crippen molar-refractivity contribution in [2.75, 3.05) is 7.11 Å². The first-order valence-corrected chi connectivity index (χ1v) is 4.86. The molecule has 0 saturated heterocycles. The number of rotatable bonds is 4. The van der Waals surface area contributed by atoms with E-state index in [4.69, 9.17) is 9.47 Å². The predicted octanol–water partition coefficient (Wildman–Crippen LogP) is 1.96. The number of Topliss-reactive ketones (excluding diaryl/α,β-unsaturated/α-hetero) is 1. The van der Waals surface area contributed by atoms with Crippen LogP contribution in [0.4, 0.5) is 0 Å². The van der Waals surface area contributed by atoms with E-state index in [2.05, 4.69) is 0 Å². The minimum absolute atomic E-state index is 0.0650. The minimum Gasteiger partial charge on any atom is -0.497 e. The van der Waals surface area contributed by atoms with Crippen LogP contribution in [0.1, 0.15) is 29.8 Å². The lowest BCUT2D eigenvalue weighted by molar-refractivity contribution is -0.142. The van der Waals surface area contributed by atoms with Crippen molar-refractivity contribution in [2.24, 2.45) is 0 Å². The maximum atomic E-state index is 11.3. The van der Waals surface area contributed by atoms with Crippen LogP contribution in [0.3, 0.4) is 0 Å². The highest BCUT2D eigenvalue weighted by atomic mass is 16.5. The molecular formula is C12H14O4. The molecule has 16 heavy (non-hydrogen) atoms. The summed E-state index contributed by atoms with van der Waals surface area (Å²) in [6.45, 7) is 2.88. The number of benzene rings is 1. The lowest BCUT2D eigenvalue weighted by Gasteiger charge is -2.09. The van der Waals surface area contributed by atoms with Gasteiger partial charge in [-0.1, -0.05) is 0 Å². The van der Waals surface area contributed by atoms with Gasteiger partial charge in [0.25, 0.3) is 0 Å². The molecule has 0 aliphatic heterocycles. The highest BCUT2D eigenvalue weighted by molar-refractivity contribution is 5.95. The van der Waals surface area contributed by atoms with Crippen molar-refractivity contribution in [3.63, 3.8) is 0 Å². The normalized spacial score (nSPS) is 9.69. The fourth-order valence-electron chi connectivity index (χ4n) is 1.34. The maximum Gasteiger partial charge on any atom is 0.302 e. The molecule has 0 spiro atoms. The molecule has 1 rings (SSSR count). The van der Waals surface area contributed by atoms with E-state index in [1.54, 1.807) is 25.3 Å². The maximum absolute atomic E-state index is 11.3. The zero-order valence-electron chi connectivity index (χ0n) is 9.57. The van der Waals surface area contributed by atoms with E-state index in [-0.39, 0.29) is 18.4 Å². The van der Waals surface area contributed by atoms with Crippen LogP contribution >= 0.6 is 0 Å². The Bertz CT molecular complexity index is 409. The van der Waals surface area contributed by atoms with Gasteiger partial charge in [0.05, 0.1) is 7.11 Å². The molecule has 0 fully saturated rings. The average molecular weight is 222 g/mol. The topological polar surface area (TPSA) is 52.6 Å². The first-order valence-electron chi connectivity index (χ1n) is 4.86. The predicted molar refractivity (Wildman–Crippen MR) is 58.5 cm³/mol. The van der Waals surface area contributed by atoms with Gasteiger partial charge in [-0.2, -0.15) is 0 Å². The van der Waals surface area contributed by atoms with Gasteiger partial charge >= 0.3 is 5.97 Å². The summed E-state index contributed by atoms with van der Waals surface area (Å²) in [4.78, 5) is 22.0. The van der Waals surface area contributed by atoms with Gasteiger partial charge in [0.15, 0.2) is 5.78 Å². The zero-order valence-corrected chi connectivity index (χ0v) is 9.57. The van der Waals surface area contributed by atoms with Crippen LogP contribution in [-0.2, 0) is 16.1 Å². The number of carbonyl (C=O) groups is 2. The Labute approximate surface area is 94.2 Å². The molecule has 0 unspecified atom stereocenters.